The van der Waals surface area contributed by atoms with E-state index in [1.807, 2.05) is 0 Å². The van der Waals surface area contributed by atoms with Crippen molar-refractivity contribution in [2.45, 2.75) is 31.9 Å². The van der Waals surface area contributed by atoms with Crippen LogP contribution < -0.4 is 5.32 Å². The second kappa shape index (κ2) is 4.09. The number of nitrogens with zero attached hydrogens (tertiary/aromatic N) is 1. The number of nitro groups is 1. The maximum atomic E-state index is 10.9. The number of aliphatic hydroxyl groups is 1. The third-order valence-corrected chi connectivity index (χ3v) is 2.64. The van der Waals surface area contributed by atoms with E-state index in [9.17, 15) is 15.2 Å². The van der Waals surface area contributed by atoms with E-state index in [-0.39, 0.29) is 5.69 Å². The van der Waals surface area contributed by atoms with Crippen molar-refractivity contribution in [1.29, 1.82) is 0 Å². The molecule has 1 fully saturated rings. The molecule has 0 spiro atoms. The molecular formula is C11H14N2O3. The van der Waals surface area contributed by atoms with Gasteiger partial charge in [-0.2, -0.15) is 0 Å². The van der Waals surface area contributed by atoms with E-state index >= 15 is 0 Å². The monoisotopic (exact) mass is 222 g/mol. The first kappa shape index (κ1) is 10.9. The average Bonchev–Trinajstić information content (AvgIpc) is 3.01. The number of hydrogen-bond donors (Lipinski definition) is 2. The molecule has 0 amide bonds. The Morgan fingerprint density at radius 3 is 2.75 bits per heavy atom. The summed E-state index contributed by atoms with van der Waals surface area (Å²) in [6, 6.07) is 5.17. The van der Waals surface area contributed by atoms with Crippen LogP contribution in [0.5, 0.6) is 0 Å². The highest BCUT2D eigenvalue weighted by Crippen LogP contribution is 2.32. The summed E-state index contributed by atoms with van der Waals surface area (Å²) in [5, 5.41) is 23.4. The average molecular weight is 222 g/mol. The SMILES string of the molecule is C[C@H](O)c1ccc(NC2CC2)c([N+](=O)[O-])c1. The Morgan fingerprint density at radius 1 is 1.56 bits per heavy atom. The number of anilines is 1. The van der Waals surface area contributed by atoms with Gasteiger partial charge in [-0.1, -0.05) is 6.07 Å². The van der Waals surface area contributed by atoms with Gasteiger partial charge in [-0.3, -0.25) is 10.1 Å². The molecule has 1 aromatic rings. The zero-order valence-electron chi connectivity index (χ0n) is 9.01. The topological polar surface area (TPSA) is 75.4 Å². The highest BCUT2D eigenvalue weighted by molar-refractivity contribution is 5.63. The van der Waals surface area contributed by atoms with Crippen molar-refractivity contribution in [2.75, 3.05) is 5.32 Å². The minimum absolute atomic E-state index is 0.0327. The Bertz CT molecular complexity index is 414. The van der Waals surface area contributed by atoms with Crippen molar-refractivity contribution in [3.63, 3.8) is 0 Å². The number of aliphatic hydroxyl groups excluding tert-OH is 1. The van der Waals surface area contributed by atoms with E-state index in [1.165, 1.54) is 6.07 Å². The summed E-state index contributed by atoms with van der Waals surface area (Å²) in [7, 11) is 0. The van der Waals surface area contributed by atoms with Gasteiger partial charge in [-0.25, -0.2) is 0 Å². The lowest BCUT2D eigenvalue weighted by atomic mass is 10.1. The minimum atomic E-state index is -0.686. The largest absolute Gasteiger partial charge is 0.389 e. The summed E-state index contributed by atoms with van der Waals surface area (Å²) in [6.07, 6.45) is 1.44. The molecule has 16 heavy (non-hydrogen) atoms. The Kier molecular flexibility index (Phi) is 2.78. The first-order valence-corrected chi connectivity index (χ1v) is 5.31. The lowest BCUT2D eigenvalue weighted by Gasteiger charge is -2.09. The standard InChI is InChI=1S/C11H14N2O3/c1-7(14)8-2-5-10(12-9-3-4-9)11(6-8)13(15)16/h2,5-7,9,12,14H,3-4H2,1H3/t7-/m0/s1. The summed E-state index contributed by atoms with van der Waals surface area (Å²) < 4.78 is 0. The predicted molar refractivity (Wildman–Crippen MR) is 60.4 cm³/mol. The van der Waals surface area contributed by atoms with Crippen LogP contribution in [0.2, 0.25) is 0 Å². The van der Waals surface area contributed by atoms with Gasteiger partial charge in [0.25, 0.3) is 5.69 Å². The van der Waals surface area contributed by atoms with Gasteiger partial charge in [0.1, 0.15) is 5.69 Å². The number of nitrogens with one attached hydrogen (secondary N) is 1. The van der Waals surface area contributed by atoms with Crippen molar-refractivity contribution < 1.29 is 10.0 Å². The van der Waals surface area contributed by atoms with E-state index in [0.29, 0.717) is 17.3 Å². The zero-order chi connectivity index (χ0) is 11.7. The lowest BCUT2D eigenvalue weighted by Crippen LogP contribution is -2.05. The van der Waals surface area contributed by atoms with Crippen LogP contribution >= 0.6 is 0 Å². The molecule has 2 N–H and O–H groups in total. The van der Waals surface area contributed by atoms with Gasteiger partial charge in [0.2, 0.25) is 0 Å². The maximum Gasteiger partial charge on any atom is 0.292 e. The van der Waals surface area contributed by atoms with Crippen molar-refractivity contribution in [3.8, 4) is 0 Å². The Hall–Kier alpha value is -1.62. The smallest absolute Gasteiger partial charge is 0.292 e. The number of rotatable bonds is 4. The number of benzene rings is 1. The van der Waals surface area contributed by atoms with Crippen LogP contribution in [-0.4, -0.2) is 16.1 Å². The Morgan fingerprint density at radius 2 is 2.25 bits per heavy atom. The molecule has 5 heteroatoms. The van der Waals surface area contributed by atoms with Gasteiger partial charge in [-0.05, 0) is 31.4 Å². The molecule has 1 aliphatic carbocycles. The fourth-order valence-electron chi connectivity index (χ4n) is 1.53. The van der Waals surface area contributed by atoms with Gasteiger partial charge in [0, 0.05) is 12.1 Å². The van der Waals surface area contributed by atoms with Crippen LogP contribution in [0.25, 0.3) is 0 Å². The van der Waals surface area contributed by atoms with Gasteiger partial charge < -0.3 is 10.4 Å². The molecule has 5 nitrogen and oxygen atoms in total. The summed E-state index contributed by atoms with van der Waals surface area (Å²) in [4.78, 5) is 10.5. The van der Waals surface area contributed by atoms with Crippen molar-refractivity contribution in [2.24, 2.45) is 0 Å². The molecule has 0 aromatic heterocycles. The number of nitro benzene ring substituents is 1. The van der Waals surface area contributed by atoms with E-state index in [0.717, 1.165) is 12.8 Å². The fourth-order valence-corrected chi connectivity index (χ4v) is 1.53. The molecule has 0 aliphatic heterocycles. The van der Waals surface area contributed by atoms with Gasteiger partial charge in [0.15, 0.2) is 0 Å². The second-order valence-electron chi connectivity index (χ2n) is 4.13. The molecule has 1 atom stereocenters. The zero-order valence-corrected chi connectivity index (χ0v) is 9.01. The van der Waals surface area contributed by atoms with Crippen molar-refractivity contribution >= 4 is 11.4 Å². The first-order chi connectivity index (χ1) is 7.58. The van der Waals surface area contributed by atoms with Crippen LogP contribution in [0.15, 0.2) is 18.2 Å². The van der Waals surface area contributed by atoms with Gasteiger partial charge >= 0.3 is 0 Å². The van der Waals surface area contributed by atoms with E-state index in [2.05, 4.69) is 5.32 Å². The molecule has 0 bridgehead atoms. The van der Waals surface area contributed by atoms with Gasteiger partial charge in [0.05, 0.1) is 11.0 Å². The summed E-state index contributed by atoms with van der Waals surface area (Å²) >= 11 is 0. The lowest BCUT2D eigenvalue weighted by molar-refractivity contribution is -0.384. The van der Waals surface area contributed by atoms with Crippen LogP contribution in [0.1, 0.15) is 31.4 Å². The first-order valence-electron chi connectivity index (χ1n) is 5.31. The second-order valence-corrected chi connectivity index (χ2v) is 4.13. The quantitative estimate of drug-likeness (QED) is 0.605. The van der Waals surface area contributed by atoms with E-state index < -0.39 is 11.0 Å². The third-order valence-electron chi connectivity index (χ3n) is 2.64. The molecule has 0 heterocycles. The molecule has 0 radical (unpaired) electrons. The van der Waals surface area contributed by atoms with Crippen LogP contribution in [0.4, 0.5) is 11.4 Å². The Balaban J connectivity index is 2.32. The third kappa shape index (κ3) is 2.30. The minimum Gasteiger partial charge on any atom is -0.389 e. The predicted octanol–water partition coefficient (Wildman–Crippen LogP) is 2.22. The summed E-state index contributed by atoms with van der Waals surface area (Å²) in [5.74, 6) is 0. The molecule has 0 unspecified atom stereocenters. The summed E-state index contributed by atoms with van der Waals surface area (Å²) in [6.45, 7) is 1.59. The van der Waals surface area contributed by atoms with E-state index in [1.54, 1.807) is 19.1 Å². The van der Waals surface area contributed by atoms with Crippen molar-refractivity contribution in [1.82, 2.24) is 0 Å². The molecule has 1 aliphatic rings. The maximum absolute atomic E-state index is 10.9. The molecule has 86 valence electrons. The van der Waals surface area contributed by atoms with Crippen LogP contribution in [-0.2, 0) is 0 Å². The highest BCUT2D eigenvalue weighted by Gasteiger charge is 2.25. The normalized spacial score (nSPS) is 16.9. The van der Waals surface area contributed by atoms with Crippen LogP contribution in [0, 0.1) is 10.1 Å². The molecule has 1 saturated carbocycles. The number of hydrogen-bond acceptors (Lipinski definition) is 4. The van der Waals surface area contributed by atoms with Crippen molar-refractivity contribution in [3.05, 3.63) is 33.9 Å². The molecule has 0 saturated heterocycles. The van der Waals surface area contributed by atoms with Crippen LogP contribution in [0.3, 0.4) is 0 Å². The van der Waals surface area contributed by atoms with E-state index in [4.69, 9.17) is 0 Å². The fraction of sp³-hybridized carbons (Fsp3) is 0.455. The highest BCUT2D eigenvalue weighted by atomic mass is 16.6. The Labute approximate surface area is 93.2 Å². The molecular weight excluding hydrogens is 208 g/mol. The summed E-state index contributed by atoms with van der Waals surface area (Å²) in [5.41, 5.74) is 1.13. The van der Waals surface area contributed by atoms with Gasteiger partial charge in [-0.15, -0.1) is 0 Å². The molecule has 2 rings (SSSR count). The molecule has 1 aromatic carbocycles.